The number of hydrogen-bond donors (Lipinski definition) is 4. The third kappa shape index (κ3) is 5.23. The van der Waals surface area contributed by atoms with Gasteiger partial charge in [0.15, 0.2) is 0 Å². The summed E-state index contributed by atoms with van der Waals surface area (Å²) in [6, 6.07) is 15.0. The number of imidazole rings is 1. The highest BCUT2D eigenvalue weighted by molar-refractivity contribution is 5.76. The summed E-state index contributed by atoms with van der Waals surface area (Å²) in [5.74, 6) is 1.50. The summed E-state index contributed by atoms with van der Waals surface area (Å²) in [4.78, 5) is 20.3. The Kier molecular flexibility index (Phi) is 6.86. The summed E-state index contributed by atoms with van der Waals surface area (Å²) in [5.41, 5.74) is 2.86. The first-order chi connectivity index (χ1) is 13.7. The zero-order valence-corrected chi connectivity index (χ0v) is 15.9. The van der Waals surface area contributed by atoms with Crippen LogP contribution in [0.3, 0.4) is 0 Å². The second-order valence-electron chi connectivity index (χ2n) is 6.57. The predicted octanol–water partition coefficient (Wildman–Crippen LogP) is 2.93. The van der Waals surface area contributed by atoms with Crippen molar-refractivity contribution in [1.29, 1.82) is 0 Å². The summed E-state index contributed by atoms with van der Waals surface area (Å²) in [5, 5.41) is 14.7. The number of aliphatic hydroxyl groups excluding tert-OH is 1. The molecule has 0 fully saturated rings. The molecule has 3 rings (SSSR count). The van der Waals surface area contributed by atoms with Crippen LogP contribution in [0.15, 0.2) is 48.5 Å². The van der Waals surface area contributed by atoms with Crippen LogP contribution in [0.25, 0.3) is 11.0 Å². The maximum atomic E-state index is 12.3. The monoisotopic (exact) mass is 382 g/mol. The number of nitrogens with one attached hydrogen (secondary N) is 3. The van der Waals surface area contributed by atoms with E-state index < -0.39 is 0 Å². The number of urea groups is 1. The quantitative estimate of drug-likeness (QED) is 0.428. The number of aliphatic hydroxyl groups is 1. The summed E-state index contributed by atoms with van der Waals surface area (Å²) in [7, 11) is 1.63. The van der Waals surface area contributed by atoms with Gasteiger partial charge in [-0.3, -0.25) is 0 Å². The first-order valence-corrected chi connectivity index (χ1v) is 9.42. The fourth-order valence-corrected chi connectivity index (χ4v) is 3.00. The normalized spacial score (nSPS) is 11.9. The van der Waals surface area contributed by atoms with Crippen LogP contribution in [0.5, 0.6) is 5.75 Å². The average Bonchev–Trinajstić information content (AvgIpc) is 3.15. The molecule has 0 bridgehead atoms. The SMILES string of the molecule is COc1ccc(C[C@@H](NC(=O)NCCCCO)c2nc3ccccc3[nH]2)cc1. The lowest BCUT2D eigenvalue weighted by Gasteiger charge is -2.18. The van der Waals surface area contributed by atoms with Gasteiger partial charge in [0, 0.05) is 13.2 Å². The minimum atomic E-state index is -0.307. The number of hydrogen-bond acceptors (Lipinski definition) is 4. The van der Waals surface area contributed by atoms with Crippen LogP contribution < -0.4 is 15.4 Å². The van der Waals surface area contributed by atoms with Crippen molar-refractivity contribution in [2.75, 3.05) is 20.3 Å². The number of aromatic nitrogens is 2. The largest absolute Gasteiger partial charge is 0.497 e. The highest BCUT2D eigenvalue weighted by Crippen LogP contribution is 2.21. The fourth-order valence-electron chi connectivity index (χ4n) is 3.00. The van der Waals surface area contributed by atoms with E-state index in [2.05, 4.69) is 20.6 Å². The van der Waals surface area contributed by atoms with E-state index in [1.807, 2.05) is 48.5 Å². The number of carbonyl (C=O) groups excluding carboxylic acids is 1. The van der Waals surface area contributed by atoms with E-state index in [9.17, 15) is 4.79 Å². The predicted molar refractivity (Wildman–Crippen MR) is 108 cm³/mol. The van der Waals surface area contributed by atoms with Gasteiger partial charge in [0.05, 0.1) is 24.2 Å². The van der Waals surface area contributed by atoms with Crippen LogP contribution >= 0.6 is 0 Å². The van der Waals surface area contributed by atoms with Crippen molar-refractivity contribution in [2.24, 2.45) is 0 Å². The molecule has 1 aromatic heterocycles. The van der Waals surface area contributed by atoms with E-state index in [0.29, 0.717) is 25.2 Å². The summed E-state index contributed by atoms with van der Waals surface area (Å²) >= 11 is 0. The molecular weight excluding hydrogens is 356 g/mol. The van der Waals surface area contributed by atoms with Gasteiger partial charge in [0.25, 0.3) is 0 Å². The lowest BCUT2D eigenvalue weighted by Crippen LogP contribution is -2.39. The molecule has 0 spiro atoms. The molecule has 28 heavy (non-hydrogen) atoms. The third-order valence-corrected chi connectivity index (χ3v) is 4.51. The van der Waals surface area contributed by atoms with E-state index in [0.717, 1.165) is 28.8 Å². The van der Waals surface area contributed by atoms with Crippen LogP contribution in [-0.4, -0.2) is 41.4 Å². The molecule has 0 radical (unpaired) electrons. The van der Waals surface area contributed by atoms with Crippen molar-refractivity contribution < 1.29 is 14.6 Å². The number of carbonyl (C=O) groups is 1. The number of benzene rings is 2. The second kappa shape index (κ2) is 9.75. The Bertz CT molecular complexity index is 859. The van der Waals surface area contributed by atoms with Gasteiger partial charge in [0.2, 0.25) is 0 Å². The summed E-state index contributed by atoms with van der Waals surface area (Å²) < 4.78 is 5.21. The average molecular weight is 382 g/mol. The second-order valence-corrected chi connectivity index (χ2v) is 6.57. The molecule has 7 nitrogen and oxygen atoms in total. The van der Waals surface area contributed by atoms with Crippen LogP contribution in [0, 0.1) is 0 Å². The van der Waals surface area contributed by atoms with Gasteiger partial charge in [-0.2, -0.15) is 0 Å². The maximum absolute atomic E-state index is 12.3. The lowest BCUT2D eigenvalue weighted by atomic mass is 10.1. The fraction of sp³-hybridized carbons (Fsp3) is 0.333. The first kappa shape index (κ1) is 19.7. The minimum absolute atomic E-state index is 0.127. The molecule has 2 aromatic carbocycles. The number of rotatable bonds is 9. The molecule has 0 aliphatic rings. The molecule has 0 aliphatic carbocycles. The van der Waals surface area contributed by atoms with Gasteiger partial charge in [-0.25, -0.2) is 9.78 Å². The maximum Gasteiger partial charge on any atom is 0.315 e. The van der Waals surface area contributed by atoms with Gasteiger partial charge < -0.3 is 25.5 Å². The molecule has 4 N–H and O–H groups in total. The number of H-pyrrole nitrogens is 1. The molecule has 0 aliphatic heterocycles. The number of amides is 2. The zero-order valence-electron chi connectivity index (χ0n) is 15.9. The van der Waals surface area contributed by atoms with Gasteiger partial charge in [-0.15, -0.1) is 0 Å². The summed E-state index contributed by atoms with van der Waals surface area (Å²) in [6.45, 7) is 0.643. The first-order valence-electron chi connectivity index (χ1n) is 9.42. The summed E-state index contributed by atoms with van der Waals surface area (Å²) in [6.07, 6.45) is 1.99. The molecule has 1 atom stereocenters. The Morgan fingerprint density at radius 1 is 1.18 bits per heavy atom. The molecule has 3 aromatic rings. The zero-order chi connectivity index (χ0) is 19.8. The molecular formula is C21H26N4O3. The van der Waals surface area contributed by atoms with Crippen molar-refractivity contribution in [1.82, 2.24) is 20.6 Å². The van der Waals surface area contributed by atoms with Crippen LogP contribution in [0.4, 0.5) is 4.79 Å². The Morgan fingerprint density at radius 2 is 1.96 bits per heavy atom. The van der Waals surface area contributed by atoms with E-state index in [1.54, 1.807) is 7.11 Å². The Morgan fingerprint density at radius 3 is 2.68 bits per heavy atom. The Balaban J connectivity index is 1.75. The van der Waals surface area contributed by atoms with E-state index in [-0.39, 0.29) is 18.7 Å². The highest BCUT2D eigenvalue weighted by atomic mass is 16.5. The number of methoxy groups -OCH3 is 1. The number of nitrogens with zero attached hydrogens (tertiary/aromatic N) is 1. The number of para-hydroxylation sites is 2. The highest BCUT2D eigenvalue weighted by Gasteiger charge is 2.19. The smallest absolute Gasteiger partial charge is 0.315 e. The lowest BCUT2D eigenvalue weighted by molar-refractivity contribution is 0.235. The molecule has 0 unspecified atom stereocenters. The van der Waals surface area contributed by atoms with Crippen molar-refractivity contribution in [3.8, 4) is 5.75 Å². The van der Waals surface area contributed by atoms with E-state index >= 15 is 0 Å². The van der Waals surface area contributed by atoms with E-state index in [1.165, 1.54) is 0 Å². The molecule has 1 heterocycles. The molecule has 0 saturated carbocycles. The Labute approximate surface area is 164 Å². The number of ether oxygens (including phenoxy) is 1. The van der Waals surface area contributed by atoms with Crippen molar-refractivity contribution in [2.45, 2.75) is 25.3 Å². The molecule has 7 heteroatoms. The van der Waals surface area contributed by atoms with E-state index in [4.69, 9.17) is 9.84 Å². The van der Waals surface area contributed by atoms with Gasteiger partial charge >= 0.3 is 6.03 Å². The minimum Gasteiger partial charge on any atom is -0.497 e. The van der Waals surface area contributed by atoms with Crippen LogP contribution in [0.2, 0.25) is 0 Å². The van der Waals surface area contributed by atoms with Crippen molar-refractivity contribution in [3.63, 3.8) is 0 Å². The van der Waals surface area contributed by atoms with Gasteiger partial charge in [-0.05, 0) is 49.1 Å². The standard InChI is InChI=1S/C21H26N4O3/c1-28-16-10-8-15(9-11-16)14-19(25-21(27)22-12-4-5-13-26)20-23-17-6-2-3-7-18(17)24-20/h2-3,6-11,19,26H,4-5,12-14H2,1H3,(H,23,24)(H2,22,25,27)/t19-/m1/s1. The molecule has 2 amide bonds. The van der Waals surface area contributed by atoms with Crippen molar-refractivity contribution >= 4 is 17.1 Å². The number of fused-ring (bicyclic) bond motifs is 1. The molecule has 148 valence electrons. The van der Waals surface area contributed by atoms with Crippen LogP contribution in [-0.2, 0) is 6.42 Å². The van der Waals surface area contributed by atoms with Crippen LogP contribution in [0.1, 0.15) is 30.3 Å². The molecule has 0 saturated heterocycles. The van der Waals surface area contributed by atoms with Gasteiger partial charge in [-0.1, -0.05) is 24.3 Å². The Hall–Kier alpha value is -3.06. The number of unbranched alkanes of at least 4 members (excludes halogenated alkanes) is 1. The van der Waals surface area contributed by atoms with Gasteiger partial charge in [0.1, 0.15) is 11.6 Å². The topological polar surface area (TPSA) is 99.3 Å². The number of aromatic amines is 1. The van der Waals surface area contributed by atoms with Crippen molar-refractivity contribution in [3.05, 3.63) is 59.9 Å². The third-order valence-electron chi connectivity index (χ3n) is 4.51.